The van der Waals surface area contributed by atoms with Gasteiger partial charge in [-0.1, -0.05) is 20.8 Å². The third kappa shape index (κ3) is 3.13. The fraction of sp³-hybridized carbons (Fsp3) is 0.833. The van der Waals surface area contributed by atoms with Crippen LogP contribution in [0.25, 0.3) is 0 Å². The van der Waals surface area contributed by atoms with Gasteiger partial charge in [0.15, 0.2) is 0 Å². The van der Waals surface area contributed by atoms with Crippen LogP contribution in [0.3, 0.4) is 0 Å². The minimum atomic E-state index is -0.00145. The Balaban J connectivity index is 2.13. The Hall–Kier alpha value is -0.390. The second kappa shape index (κ2) is 5.31. The monoisotopic (exact) mass is 289 g/mol. The number of anilines is 1. The third-order valence-corrected chi connectivity index (χ3v) is 3.98. The van der Waals surface area contributed by atoms with E-state index < -0.39 is 0 Å². The molecule has 1 aliphatic rings. The molecule has 0 bridgehead atoms. The van der Waals surface area contributed by atoms with Crippen LogP contribution in [0.4, 0.5) is 5.13 Å². The highest BCUT2D eigenvalue weighted by Crippen LogP contribution is 2.27. The maximum atomic E-state index is 5.89. The molecule has 2 atom stereocenters. The number of ether oxygens (including phenoxy) is 1. The van der Waals surface area contributed by atoms with Crippen molar-refractivity contribution in [2.24, 2.45) is 0 Å². The Labute approximate surface area is 117 Å². The molecule has 18 heavy (non-hydrogen) atoms. The second-order valence-electron chi connectivity index (χ2n) is 5.78. The van der Waals surface area contributed by atoms with Gasteiger partial charge in [0, 0.05) is 30.0 Å². The van der Waals surface area contributed by atoms with Crippen LogP contribution in [-0.4, -0.2) is 40.5 Å². The number of aromatic nitrogens is 2. The fourth-order valence-corrected chi connectivity index (χ4v) is 2.98. The maximum Gasteiger partial charge on any atom is 0.205 e. The molecule has 0 aliphatic carbocycles. The Morgan fingerprint density at radius 2 is 2.17 bits per heavy atom. The molecule has 1 aromatic heterocycles. The molecule has 0 radical (unpaired) electrons. The van der Waals surface area contributed by atoms with Crippen molar-refractivity contribution >= 4 is 28.3 Å². The van der Waals surface area contributed by atoms with Gasteiger partial charge in [-0.05, 0) is 6.92 Å². The summed E-state index contributed by atoms with van der Waals surface area (Å²) < 4.78 is 10.2. The molecule has 0 saturated carbocycles. The van der Waals surface area contributed by atoms with Gasteiger partial charge < -0.3 is 9.64 Å². The first kappa shape index (κ1) is 14.0. The van der Waals surface area contributed by atoms with E-state index in [-0.39, 0.29) is 17.6 Å². The van der Waals surface area contributed by atoms with Crippen LogP contribution >= 0.6 is 23.1 Å². The predicted octanol–water partition coefficient (Wildman–Crippen LogP) is 2.67. The van der Waals surface area contributed by atoms with Crippen LogP contribution in [0, 0.1) is 0 Å². The summed E-state index contributed by atoms with van der Waals surface area (Å²) in [7, 11) is 0. The first-order chi connectivity index (χ1) is 8.40. The molecule has 2 unspecified atom stereocenters. The van der Waals surface area contributed by atoms with Crippen molar-refractivity contribution < 1.29 is 4.74 Å². The normalized spacial score (nSPS) is 25.5. The summed E-state index contributed by atoms with van der Waals surface area (Å²) in [5, 5.41) is 0.977. The number of halogens is 1. The van der Waals surface area contributed by atoms with Gasteiger partial charge in [0.2, 0.25) is 5.13 Å². The summed E-state index contributed by atoms with van der Waals surface area (Å²) >= 11 is 7.36. The van der Waals surface area contributed by atoms with Crippen LogP contribution in [0.2, 0.25) is 0 Å². The molecular weight excluding hydrogens is 270 g/mol. The largest absolute Gasteiger partial charge is 0.370 e. The number of morpholine rings is 1. The molecule has 0 N–H and O–H groups in total. The maximum absolute atomic E-state index is 5.89. The Kier molecular flexibility index (Phi) is 4.14. The van der Waals surface area contributed by atoms with Crippen molar-refractivity contribution in [3.63, 3.8) is 0 Å². The molecule has 0 aromatic carbocycles. The van der Waals surface area contributed by atoms with E-state index in [1.807, 2.05) is 0 Å². The smallest absolute Gasteiger partial charge is 0.205 e. The summed E-state index contributed by atoms with van der Waals surface area (Å²) in [4.78, 5) is 6.87. The lowest BCUT2D eigenvalue weighted by molar-refractivity contribution is -0.00334. The zero-order valence-electron chi connectivity index (χ0n) is 11.3. The molecule has 1 aromatic rings. The number of hydrogen-bond donors (Lipinski definition) is 0. The van der Waals surface area contributed by atoms with Gasteiger partial charge in [-0.25, -0.2) is 4.98 Å². The average Bonchev–Trinajstić information content (AvgIpc) is 2.77. The highest BCUT2D eigenvalue weighted by Gasteiger charge is 2.28. The highest BCUT2D eigenvalue weighted by molar-refractivity contribution is 7.09. The third-order valence-electron chi connectivity index (χ3n) is 2.86. The van der Waals surface area contributed by atoms with E-state index >= 15 is 0 Å². The average molecular weight is 290 g/mol. The van der Waals surface area contributed by atoms with Gasteiger partial charge in [0.05, 0.1) is 18.1 Å². The van der Waals surface area contributed by atoms with E-state index in [9.17, 15) is 0 Å². The van der Waals surface area contributed by atoms with E-state index in [4.69, 9.17) is 16.3 Å². The molecule has 1 saturated heterocycles. The van der Waals surface area contributed by atoms with E-state index in [1.165, 1.54) is 11.5 Å². The standard InChI is InChI=1S/C12H20ClN3OS/c1-8-6-16(7-9(5-13)17-8)11-14-10(15-18-11)12(2,3)4/h8-9H,5-7H2,1-4H3. The summed E-state index contributed by atoms with van der Waals surface area (Å²) in [6.07, 6.45) is 0.266. The van der Waals surface area contributed by atoms with E-state index in [0.717, 1.165) is 24.0 Å². The number of hydrogen-bond acceptors (Lipinski definition) is 5. The zero-order valence-corrected chi connectivity index (χ0v) is 12.9. The van der Waals surface area contributed by atoms with Crippen molar-refractivity contribution in [2.75, 3.05) is 23.9 Å². The zero-order chi connectivity index (χ0) is 13.3. The first-order valence-corrected chi connectivity index (χ1v) is 7.51. The topological polar surface area (TPSA) is 38.2 Å². The van der Waals surface area contributed by atoms with Gasteiger partial charge in [0.1, 0.15) is 5.82 Å². The van der Waals surface area contributed by atoms with E-state index in [2.05, 4.69) is 42.0 Å². The first-order valence-electron chi connectivity index (χ1n) is 6.20. The second-order valence-corrected chi connectivity index (χ2v) is 6.82. The van der Waals surface area contributed by atoms with Gasteiger partial charge in [-0.15, -0.1) is 11.6 Å². The molecule has 1 fully saturated rings. The lowest BCUT2D eigenvalue weighted by Crippen LogP contribution is -2.47. The van der Waals surface area contributed by atoms with Gasteiger partial charge >= 0.3 is 0 Å². The molecule has 2 heterocycles. The Bertz CT molecular complexity index is 404. The number of rotatable bonds is 2. The summed E-state index contributed by atoms with van der Waals surface area (Å²) in [5.41, 5.74) is -0.00145. The van der Waals surface area contributed by atoms with Gasteiger partial charge in [-0.2, -0.15) is 4.37 Å². The Morgan fingerprint density at radius 3 is 2.72 bits per heavy atom. The van der Waals surface area contributed by atoms with Crippen LogP contribution in [0.15, 0.2) is 0 Å². The van der Waals surface area contributed by atoms with E-state index in [1.54, 1.807) is 0 Å². The molecule has 1 aliphatic heterocycles. The number of nitrogens with zero attached hydrogens (tertiary/aromatic N) is 3. The molecular formula is C12H20ClN3OS. The summed E-state index contributed by atoms with van der Waals surface area (Å²) in [6, 6.07) is 0. The molecule has 4 nitrogen and oxygen atoms in total. The molecule has 0 amide bonds. The van der Waals surface area contributed by atoms with Crippen LogP contribution in [0.1, 0.15) is 33.5 Å². The van der Waals surface area contributed by atoms with Crippen molar-refractivity contribution in [1.82, 2.24) is 9.36 Å². The summed E-state index contributed by atoms with van der Waals surface area (Å²) in [5.74, 6) is 1.43. The van der Waals surface area contributed by atoms with Crippen molar-refractivity contribution in [3.05, 3.63) is 5.82 Å². The SMILES string of the molecule is CC1CN(c2nc(C(C)(C)C)ns2)CC(CCl)O1. The van der Waals surface area contributed by atoms with Crippen molar-refractivity contribution in [3.8, 4) is 0 Å². The minimum Gasteiger partial charge on any atom is -0.370 e. The molecule has 2 rings (SSSR count). The summed E-state index contributed by atoms with van der Waals surface area (Å²) in [6.45, 7) is 10.1. The number of alkyl halides is 1. The van der Waals surface area contributed by atoms with E-state index in [0.29, 0.717) is 5.88 Å². The quantitative estimate of drug-likeness (QED) is 0.785. The van der Waals surface area contributed by atoms with Crippen LogP contribution in [-0.2, 0) is 10.2 Å². The van der Waals surface area contributed by atoms with Crippen LogP contribution < -0.4 is 4.90 Å². The fourth-order valence-electron chi connectivity index (χ4n) is 1.94. The van der Waals surface area contributed by atoms with Gasteiger partial charge in [-0.3, -0.25) is 0 Å². The van der Waals surface area contributed by atoms with Gasteiger partial charge in [0.25, 0.3) is 0 Å². The minimum absolute atomic E-state index is 0.00145. The molecule has 0 spiro atoms. The lowest BCUT2D eigenvalue weighted by atomic mass is 9.96. The molecule has 6 heteroatoms. The van der Waals surface area contributed by atoms with Crippen LogP contribution in [0.5, 0.6) is 0 Å². The Morgan fingerprint density at radius 1 is 1.44 bits per heavy atom. The van der Waals surface area contributed by atoms with Crippen molar-refractivity contribution in [1.29, 1.82) is 0 Å². The molecule has 102 valence electrons. The lowest BCUT2D eigenvalue weighted by Gasteiger charge is -2.35. The van der Waals surface area contributed by atoms with Crippen molar-refractivity contribution in [2.45, 2.75) is 45.3 Å². The highest BCUT2D eigenvalue weighted by atomic mass is 35.5. The predicted molar refractivity (Wildman–Crippen MR) is 75.9 cm³/mol.